The Hall–Kier alpha value is -0.390. The molecule has 0 unspecified atom stereocenters. The van der Waals surface area contributed by atoms with Crippen molar-refractivity contribution in [3.63, 3.8) is 0 Å². The highest BCUT2D eigenvalue weighted by Crippen LogP contribution is 1.86. The molecule has 3 nitrogen and oxygen atoms in total. The molecule has 0 aromatic rings. The van der Waals surface area contributed by atoms with Crippen LogP contribution in [0.3, 0.4) is 0 Å². The lowest BCUT2D eigenvalue weighted by atomic mass is 10.5. The van der Waals surface area contributed by atoms with Crippen LogP contribution in [0.4, 0.5) is 0 Å². The number of rotatable bonds is 2. The van der Waals surface area contributed by atoms with E-state index >= 15 is 0 Å². The first-order valence-corrected chi connectivity index (χ1v) is 2.63. The number of aldehydes is 1. The van der Waals surface area contributed by atoms with Crippen LogP contribution in [0.25, 0.3) is 0 Å². The average molecular weight is 226 g/mol. The number of allylic oxidation sites excluding steroid dienone is 1. The van der Waals surface area contributed by atoms with Crippen molar-refractivity contribution >= 4 is 35.3 Å². The van der Waals surface area contributed by atoms with Crippen molar-refractivity contribution in [1.29, 1.82) is 0 Å². The molecule has 44 valence electrons. The minimum atomic E-state index is -0.530. The molecule has 0 N–H and O–H groups in total. The zero-order chi connectivity index (χ0) is 6.41. The molecule has 0 rings (SSSR count). The largest absolute Gasteiger partial charge is 0.391 e. The summed E-state index contributed by atoms with van der Waals surface area (Å²) in [5, 5.41) is 0. The molecular formula is C4H3IO3. The molecular weight excluding hydrogens is 223 g/mol. The van der Waals surface area contributed by atoms with Gasteiger partial charge in [-0.2, -0.15) is 0 Å². The van der Waals surface area contributed by atoms with Gasteiger partial charge in [-0.1, -0.05) is 0 Å². The summed E-state index contributed by atoms with van der Waals surface area (Å²) < 4.78 is 4.14. The van der Waals surface area contributed by atoms with Crippen LogP contribution in [-0.2, 0) is 12.7 Å². The van der Waals surface area contributed by atoms with Crippen LogP contribution in [-0.4, -0.2) is 12.3 Å². The lowest BCUT2D eigenvalue weighted by molar-refractivity contribution is -0.126. The van der Waals surface area contributed by atoms with E-state index < -0.39 is 5.97 Å². The smallest absolute Gasteiger partial charge is 0.340 e. The van der Waals surface area contributed by atoms with Crippen molar-refractivity contribution in [1.82, 2.24) is 0 Å². The SMILES string of the molecule is O=C/C=C/C(=O)OI. The quantitative estimate of drug-likeness (QED) is 0.394. The van der Waals surface area contributed by atoms with Gasteiger partial charge in [-0.25, -0.2) is 4.79 Å². The third kappa shape index (κ3) is 3.79. The Kier molecular flexibility index (Phi) is 4.53. The molecule has 0 saturated heterocycles. The maximum Gasteiger partial charge on any atom is 0.340 e. The van der Waals surface area contributed by atoms with Gasteiger partial charge in [0.15, 0.2) is 23.0 Å². The minimum Gasteiger partial charge on any atom is -0.391 e. The van der Waals surface area contributed by atoms with Gasteiger partial charge in [0, 0.05) is 6.08 Å². The number of hydrogen-bond donors (Lipinski definition) is 0. The van der Waals surface area contributed by atoms with E-state index in [9.17, 15) is 9.59 Å². The van der Waals surface area contributed by atoms with Gasteiger partial charge in [0.05, 0.1) is 0 Å². The number of carbonyl (C=O) groups excluding carboxylic acids is 2. The first-order chi connectivity index (χ1) is 3.81. The van der Waals surface area contributed by atoms with Crippen LogP contribution in [0.15, 0.2) is 12.2 Å². The number of hydrogen-bond acceptors (Lipinski definition) is 3. The van der Waals surface area contributed by atoms with E-state index in [4.69, 9.17) is 0 Å². The lowest BCUT2D eigenvalue weighted by Crippen LogP contribution is -1.87. The standard InChI is InChI=1S/C4H3IO3/c5-8-4(7)2-1-3-6/h1-3H/b2-1+. The Labute approximate surface area is 60.4 Å². The van der Waals surface area contributed by atoms with Crippen LogP contribution in [0.1, 0.15) is 0 Å². The summed E-state index contributed by atoms with van der Waals surface area (Å²) >= 11 is 1.44. The van der Waals surface area contributed by atoms with Gasteiger partial charge in [0.2, 0.25) is 0 Å². The number of halogens is 1. The monoisotopic (exact) mass is 226 g/mol. The number of carbonyl (C=O) groups is 2. The van der Waals surface area contributed by atoms with Crippen LogP contribution >= 0.6 is 23.0 Å². The summed E-state index contributed by atoms with van der Waals surface area (Å²) in [7, 11) is 0. The Morgan fingerprint density at radius 3 is 2.62 bits per heavy atom. The second-order valence-electron chi connectivity index (χ2n) is 0.891. The summed E-state index contributed by atoms with van der Waals surface area (Å²) in [4.78, 5) is 19.6. The fourth-order valence-corrected chi connectivity index (χ4v) is 0.290. The van der Waals surface area contributed by atoms with E-state index in [-0.39, 0.29) is 0 Å². The van der Waals surface area contributed by atoms with Crippen molar-refractivity contribution in [3.8, 4) is 0 Å². The normalized spacial score (nSPS) is 9.12. The van der Waals surface area contributed by atoms with E-state index in [2.05, 4.69) is 3.07 Å². The van der Waals surface area contributed by atoms with E-state index in [0.29, 0.717) is 6.29 Å². The third-order valence-corrected chi connectivity index (χ3v) is 0.821. The minimum absolute atomic E-state index is 0.507. The highest BCUT2D eigenvalue weighted by Gasteiger charge is 1.88. The van der Waals surface area contributed by atoms with E-state index in [1.165, 1.54) is 23.0 Å². The fourth-order valence-electron chi connectivity index (χ4n) is 0.144. The van der Waals surface area contributed by atoms with Crippen molar-refractivity contribution in [2.75, 3.05) is 0 Å². The van der Waals surface area contributed by atoms with Gasteiger partial charge in [-0.3, -0.25) is 4.79 Å². The molecule has 0 saturated carbocycles. The highest BCUT2D eigenvalue weighted by molar-refractivity contribution is 14.1. The Bertz CT molecular complexity index is 118. The average Bonchev–Trinajstić information content (AvgIpc) is 1.83. The van der Waals surface area contributed by atoms with Gasteiger partial charge in [0.25, 0.3) is 0 Å². The maximum atomic E-state index is 10.1. The zero-order valence-corrected chi connectivity index (χ0v) is 5.99. The molecule has 0 aliphatic carbocycles. The topological polar surface area (TPSA) is 43.4 Å². The van der Waals surface area contributed by atoms with Crippen LogP contribution in [0, 0.1) is 0 Å². The maximum absolute atomic E-state index is 10.1. The van der Waals surface area contributed by atoms with Gasteiger partial charge in [-0.15, -0.1) is 0 Å². The molecule has 0 heterocycles. The van der Waals surface area contributed by atoms with Crippen LogP contribution in [0.5, 0.6) is 0 Å². The lowest BCUT2D eigenvalue weighted by Gasteiger charge is -1.80. The first-order valence-electron chi connectivity index (χ1n) is 1.75. The summed E-state index contributed by atoms with van der Waals surface area (Å²) in [5.74, 6) is -0.530. The predicted octanol–water partition coefficient (Wildman–Crippen LogP) is 0.635. The summed E-state index contributed by atoms with van der Waals surface area (Å²) in [5.41, 5.74) is 0. The molecule has 0 radical (unpaired) electrons. The first kappa shape index (κ1) is 7.61. The Morgan fingerprint density at radius 1 is 1.62 bits per heavy atom. The predicted molar refractivity (Wildman–Crippen MR) is 35.3 cm³/mol. The van der Waals surface area contributed by atoms with Crippen molar-refractivity contribution in [3.05, 3.63) is 12.2 Å². The van der Waals surface area contributed by atoms with Crippen molar-refractivity contribution in [2.45, 2.75) is 0 Å². The van der Waals surface area contributed by atoms with E-state index in [1.807, 2.05) is 0 Å². The molecule has 0 amide bonds. The molecule has 0 aromatic heterocycles. The molecule has 0 aliphatic heterocycles. The van der Waals surface area contributed by atoms with Gasteiger partial charge in [0.1, 0.15) is 6.29 Å². The molecule has 0 aliphatic rings. The van der Waals surface area contributed by atoms with Gasteiger partial charge in [-0.05, 0) is 6.08 Å². The van der Waals surface area contributed by atoms with Crippen molar-refractivity contribution in [2.24, 2.45) is 0 Å². The van der Waals surface area contributed by atoms with Crippen molar-refractivity contribution < 1.29 is 12.7 Å². The van der Waals surface area contributed by atoms with Crippen LogP contribution in [0.2, 0.25) is 0 Å². The molecule has 8 heavy (non-hydrogen) atoms. The highest BCUT2D eigenvalue weighted by atomic mass is 127. The second kappa shape index (κ2) is 4.76. The fraction of sp³-hybridized carbons (Fsp3) is 0. The molecule has 4 heteroatoms. The molecule has 0 aromatic carbocycles. The second-order valence-corrected chi connectivity index (χ2v) is 1.33. The van der Waals surface area contributed by atoms with Crippen LogP contribution < -0.4 is 0 Å². The molecule has 0 atom stereocenters. The van der Waals surface area contributed by atoms with E-state index in [0.717, 1.165) is 12.2 Å². The Balaban J connectivity index is 3.52. The van der Waals surface area contributed by atoms with Gasteiger partial charge < -0.3 is 3.07 Å². The zero-order valence-electron chi connectivity index (χ0n) is 3.83. The van der Waals surface area contributed by atoms with E-state index in [1.54, 1.807) is 0 Å². The Morgan fingerprint density at radius 2 is 2.25 bits per heavy atom. The molecule has 0 bridgehead atoms. The molecule has 0 spiro atoms. The third-order valence-electron chi connectivity index (χ3n) is 0.387. The van der Waals surface area contributed by atoms with Gasteiger partial charge >= 0.3 is 5.97 Å². The summed E-state index contributed by atoms with van der Waals surface area (Å²) in [6.07, 6.45) is 2.62. The summed E-state index contributed by atoms with van der Waals surface area (Å²) in [6, 6.07) is 0. The molecule has 0 fully saturated rings. The summed E-state index contributed by atoms with van der Waals surface area (Å²) in [6.45, 7) is 0.